The fraction of sp³-hybridized carbons (Fsp3) is 0.158. The molecule has 0 bridgehead atoms. The van der Waals surface area contributed by atoms with Gasteiger partial charge in [0.2, 0.25) is 0 Å². The summed E-state index contributed by atoms with van der Waals surface area (Å²) in [4.78, 5) is 44.2. The summed E-state index contributed by atoms with van der Waals surface area (Å²) in [5, 5.41) is 35.6. The van der Waals surface area contributed by atoms with E-state index in [1.165, 1.54) is 0 Å². The van der Waals surface area contributed by atoms with Gasteiger partial charge < -0.3 is 20.4 Å². The lowest BCUT2D eigenvalue weighted by molar-refractivity contribution is -0.321. The van der Waals surface area contributed by atoms with E-state index in [0.717, 1.165) is 0 Å². The highest BCUT2D eigenvalue weighted by atomic mass is 19.3. The second kappa shape index (κ2) is 8.11. The Morgan fingerprint density at radius 1 is 0.515 bits per heavy atom. The van der Waals surface area contributed by atoms with Crippen molar-refractivity contribution in [3.05, 3.63) is 69.8 Å². The van der Waals surface area contributed by atoms with Crippen LogP contribution in [0.3, 0.4) is 0 Å². The number of alkyl halides is 6. The minimum Gasteiger partial charge on any atom is -0.478 e. The molecule has 14 heteroatoms. The van der Waals surface area contributed by atoms with Crippen LogP contribution in [-0.4, -0.2) is 50.2 Å². The number of carbonyl (C=O) groups is 4. The van der Waals surface area contributed by atoms with E-state index in [1.807, 2.05) is 0 Å². The topological polar surface area (TPSA) is 149 Å². The zero-order valence-electron chi connectivity index (χ0n) is 15.7. The van der Waals surface area contributed by atoms with Crippen molar-refractivity contribution >= 4 is 23.9 Å². The van der Waals surface area contributed by atoms with Crippen molar-refractivity contribution in [3.8, 4) is 0 Å². The van der Waals surface area contributed by atoms with Crippen LogP contribution in [0.1, 0.15) is 52.6 Å². The second-order valence-corrected chi connectivity index (χ2v) is 6.46. The zero-order chi connectivity index (χ0) is 25.5. The van der Waals surface area contributed by atoms with Crippen molar-refractivity contribution in [2.75, 3.05) is 0 Å². The predicted octanol–water partition coefficient (Wildman–Crippen LogP) is 4.00. The fourth-order valence-corrected chi connectivity index (χ4v) is 2.77. The van der Waals surface area contributed by atoms with Crippen molar-refractivity contribution in [2.24, 2.45) is 0 Å². The summed E-state index contributed by atoms with van der Waals surface area (Å²) < 4.78 is 87.3. The first-order valence-electron chi connectivity index (χ1n) is 8.32. The number of benzene rings is 2. The third-order valence-corrected chi connectivity index (χ3v) is 4.47. The van der Waals surface area contributed by atoms with E-state index < -0.39 is 75.0 Å². The first-order valence-corrected chi connectivity index (χ1v) is 8.32. The molecule has 0 heterocycles. The lowest BCUT2D eigenvalue weighted by atomic mass is 9.89. The van der Waals surface area contributed by atoms with Crippen LogP contribution < -0.4 is 0 Å². The molecule has 2 aromatic rings. The lowest BCUT2D eigenvalue weighted by Gasteiger charge is -2.33. The van der Waals surface area contributed by atoms with E-state index in [9.17, 15) is 45.5 Å². The first-order chi connectivity index (χ1) is 15.0. The van der Waals surface area contributed by atoms with Crippen molar-refractivity contribution in [1.29, 1.82) is 0 Å². The number of carboxylic acid groups (broad SMARTS) is 4. The third kappa shape index (κ3) is 4.06. The van der Waals surface area contributed by atoms with Crippen molar-refractivity contribution in [2.45, 2.75) is 17.8 Å². The second-order valence-electron chi connectivity index (χ2n) is 6.46. The maximum atomic E-state index is 14.6. The molecule has 0 spiro atoms. The van der Waals surface area contributed by atoms with Gasteiger partial charge in [0, 0.05) is 11.1 Å². The summed E-state index contributed by atoms with van der Waals surface area (Å²) in [6.45, 7) is 0. The molecule has 0 aliphatic heterocycles. The smallest absolute Gasteiger partial charge is 0.380 e. The van der Waals surface area contributed by atoms with Gasteiger partial charge in [-0.2, -0.15) is 26.3 Å². The van der Waals surface area contributed by atoms with Gasteiger partial charge in [0.15, 0.2) is 0 Å². The summed E-state index contributed by atoms with van der Waals surface area (Å²) in [6, 6.07) is 0.0744. The van der Waals surface area contributed by atoms with E-state index in [0.29, 0.717) is 0 Å². The molecule has 0 saturated heterocycles. The molecule has 0 aliphatic carbocycles. The molecule has 0 fully saturated rings. The lowest BCUT2D eigenvalue weighted by Crippen LogP contribution is -2.50. The highest BCUT2D eigenvalue weighted by Crippen LogP contribution is 2.55. The Kier molecular flexibility index (Phi) is 6.18. The molecule has 2 rings (SSSR count). The molecule has 0 aromatic heterocycles. The van der Waals surface area contributed by atoms with Crippen LogP contribution in [0.15, 0.2) is 36.4 Å². The van der Waals surface area contributed by atoms with Gasteiger partial charge in [-0.1, -0.05) is 12.1 Å². The Bertz CT molecular complexity index is 1090. The van der Waals surface area contributed by atoms with Gasteiger partial charge in [-0.25, -0.2) is 19.2 Å². The van der Waals surface area contributed by atoms with Gasteiger partial charge in [-0.05, 0) is 24.3 Å². The third-order valence-electron chi connectivity index (χ3n) is 4.47. The standard InChI is InChI=1S/C19H10F6O8/c20-17(21,7-1-3-9(13(26)27)11(5-7)15(30)31)19(24,25)18(22,23)8-2-4-10(14(28)29)12(6-8)16(32)33/h1-6H,(H,26,27)(H,28,29)(H,30,31)(H,32,33). The van der Waals surface area contributed by atoms with Crippen LogP contribution in [0.5, 0.6) is 0 Å². The molecule has 2 aromatic carbocycles. The monoisotopic (exact) mass is 480 g/mol. The van der Waals surface area contributed by atoms with Crippen LogP contribution in [0.25, 0.3) is 0 Å². The number of aromatic carboxylic acids is 4. The molecule has 0 amide bonds. The maximum Gasteiger partial charge on any atom is 0.380 e. The van der Waals surface area contributed by atoms with Gasteiger partial charge in [-0.15, -0.1) is 0 Å². The summed E-state index contributed by atoms with van der Waals surface area (Å²) in [7, 11) is 0. The minimum absolute atomic E-state index is 0.0239. The first kappa shape index (κ1) is 25.2. The van der Waals surface area contributed by atoms with Crippen molar-refractivity contribution in [3.63, 3.8) is 0 Å². The molecule has 0 unspecified atom stereocenters. The van der Waals surface area contributed by atoms with E-state index in [-0.39, 0.29) is 36.4 Å². The van der Waals surface area contributed by atoms with Gasteiger partial charge >= 0.3 is 41.6 Å². The van der Waals surface area contributed by atoms with Crippen LogP contribution in [-0.2, 0) is 11.8 Å². The number of halogens is 6. The molecule has 0 atom stereocenters. The Morgan fingerprint density at radius 3 is 1.03 bits per heavy atom. The quantitative estimate of drug-likeness (QED) is 0.415. The van der Waals surface area contributed by atoms with Crippen molar-refractivity contribution < 1.29 is 65.9 Å². The Hall–Kier alpha value is -4.10. The average Bonchev–Trinajstić information content (AvgIpc) is 2.72. The molecule has 0 radical (unpaired) electrons. The van der Waals surface area contributed by atoms with E-state index in [4.69, 9.17) is 20.4 Å². The molecule has 33 heavy (non-hydrogen) atoms. The van der Waals surface area contributed by atoms with Crippen LogP contribution in [0, 0.1) is 0 Å². The highest BCUT2D eigenvalue weighted by molar-refractivity contribution is 6.02. The summed E-state index contributed by atoms with van der Waals surface area (Å²) >= 11 is 0. The number of rotatable bonds is 8. The molecular formula is C19H10F6O8. The molecule has 8 nitrogen and oxygen atoms in total. The van der Waals surface area contributed by atoms with E-state index in [2.05, 4.69) is 0 Å². The molecule has 176 valence electrons. The zero-order valence-corrected chi connectivity index (χ0v) is 15.7. The van der Waals surface area contributed by atoms with Gasteiger partial charge in [0.05, 0.1) is 22.3 Å². The van der Waals surface area contributed by atoms with Gasteiger partial charge in [-0.3, -0.25) is 0 Å². The summed E-state index contributed by atoms with van der Waals surface area (Å²) in [5.41, 5.74) is -8.83. The number of carboxylic acids is 4. The van der Waals surface area contributed by atoms with Crippen LogP contribution in [0.2, 0.25) is 0 Å². The predicted molar refractivity (Wildman–Crippen MR) is 93.5 cm³/mol. The Morgan fingerprint density at radius 2 is 0.788 bits per heavy atom. The largest absolute Gasteiger partial charge is 0.478 e. The molecular weight excluding hydrogens is 470 g/mol. The van der Waals surface area contributed by atoms with Crippen molar-refractivity contribution in [1.82, 2.24) is 0 Å². The SMILES string of the molecule is O=C(O)c1ccc(C(F)(F)C(F)(F)C(F)(F)c2ccc(C(=O)O)c(C(=O)O)c2)cc1C(=O)O. The van der Waals surface area contributed by atoms with E-state index >= 15 is 0 Å². The van der Waals surface area contributed by atoms with Crippen LogP contribution in [0.4, 0.5) is 26.3 Å². The molecule has 0 saturated carbocycles. The molecule has 0 aliphatic rings. The Balaban J connectivity index is 2.68. The molecule has 4 N–H and O–H groups in total. The fourth-order valence-electron chi connectivity index (χ4n) is 2.77. The number of hydrogen-bond acceptors (Lipinski definition) is 4. The van der Waals surface area contributed by atoms with Gasteiger partial charge in [0.1, 0.15) is 0 Å². The Labute approximate surface area is 178 Å². The summed E-state index contributed by atoms with van der Waals surface area (Å²) in [5.74, 6) is -26.0. The normalized spacial score (nSPS) is 12.3. The van der Waals surface area contributed by atoms with Gasteiger partial charge in [0.25, 0.3) is 0 Å². The van der Waals surface area contributed by atoms with Crippen LogP contribution >= 0.6 is 0 Å². The summed E-state index contributed by atoms with van der Waals surface area (Å²) in [6.07, 6.45) is 0. The van der Waals surface area contributed by atoms with E-state index in [1.54, 1.807) is 0 Å². The average molecular weight is 480 g/mol. The number of hydrogen-bond donors (Lipinski definition) is 4. The highest BCUT2D eigenvalue weighted by Gasteiger charge is 2.72. The minimum atomic E-state index is -6.32. The maximum absolute atomic E-state index is 14.6.